The lowest BCUT2D eigenvalue weighted by Crippen LogP contribution is -2.22. The first-order valence-corrected chi connectivity index (χ1v) is 12.9. The van der Waals surface area contributed by atoms with Gasteiger partial charge in [0.05, 0.1) is 27.0 Å². The number of imidazole rings is 1. The fraction of sp³-hybridized carbons (Fsp3) is 0. The monoisotopic (exact) mass is 495 g/mol. The van der Waals surface area contributed by atoms with E-state index in [1.165, 1.54) is 11.3 Å². The van der Waals surface area contributed by atoms with E-state index in [-0.39, 0.29) is 5.56 Å². The summed E-state index contributed by atoms with van der Waals surface area (Å²) in [6.45, 7) is 0. The molecule has 4 aromatic carbocycles. The molecular weight excluding hydrogens is 474 g/mol. The zero-order chi connectivity index (χ0) is 24.8. The van der Waals surface area contributed by atoms with E-state index in [0.717, 1.165) is 44.8 Å². The summed E-state index contributed by atoms with van der Waals surface area (Å²) in [5, 5.41) is 0. The van der Waals surface area contributed by atoms with Crippen molar-refractivity contribution in [3.05, 3.63) is 142 Å². The molecule has 0 fully saturated rings. The van der Waals surface area contributed by atoms with Crippen LogP contribution in [0.2, 0.25) is 0 Å². The van der Waals surface area contributed by atoms with Crippen molar-refractivity contribution in [1.29, 1.82) is 0 Å². The molecule has 0 N–H and O–H groups in total. The second kappa shape index (κ2) is 8.73. The Labute approximate surface area is 217 Å². The van der Waals surface area contributed by atoms with Crippen molar-refractivity contribution in [2.75, 3.05) is 0 Å². The highest BCUT2D eigenvalue weighted by atomic mass is 32.1. The van der Waals surface area contributed by atoms with Crippen LogP contribution in [0.25, 0.3) is 50.3 Å². The number of thiazole rings is 1. The summed E-state index contributed by atoms with van der Waals surface area (Å²) >= 11 is 1.43. The van der Waals surface area contributed by atoms with Gasteiger partial charge in [0.2, 0.25) is 0 Å². The Morgan fingerprint density at radius 3 is 2.05 bits per heavy atom. The van der Waals surface area contributed by atoms with Crippen LogP contribution in [0.1, 0.15) is 5.56 Å². The molecule has 3 aromatic heterocycles. The van der Waals surface area contributed by atoms with Gasteiger partial charge in [0.15, 0.2) is 4.96 Å². The van der Waals surface area contributed by atoms with Crippen molar-refractivity contribution in [2.45, 2.75) is 0 Å². The molecule has 0 bridgehead atoms. The highest BCUT2D eigenvalue weighted by molar-refractivity contribution is 7.15. The molecule has 0 saturated heterocycles. The summed E-state index contributed by atoms with van der Waals surface area (Å²) in [6, 6.07) is 41.1. The van der Waals surface area contributed by atoms with Gasteiger partial charge < -0.3 is 4.57 Å². The molecular formula is C32H21N3OS. The normalized spacial score (nSPS) is 12.1. The van der Waals surface area contributed by atoms with Gasteiger partial charge in [-0.15, -0.1) is 0 Å². The standard InChI is InChI=1S/C32H21N3OS/c36-31-29(37-32-33-26-18-10-11-19-27(26)35(31)32)21-24-20-28(22-12-4-1-5-13-22)34(25-16-8-3-9-17-25)30(24)23-14-6-2-7-15-23/h1-21H/b29-21-. The second-order valence-corrected chi connectivity index (χ2v) is 9.88. The summed E-state index contributed by atoms with van der Waals surface area (Å²) in [5.74, 6) is 0. The third kappa shape index (κ3) is 3.60. The lowest BCUT2D eigenvalue weighted by atomic mass is 10.1. The van der Waals surface area contributed by atoms with Gasteiger partial charge in [-0.1, -0.05) is 102 Å². The van der Waals surface area contributed by atoms with Crippen molar-refractivity contribution >= 4 is 33.4 Å². The summed E-state index contributed by atoms with van der Waals surface area (Å²) in [5.41, 5.74) is 7.99. The van der Waals surface area contributed by atoms with E-state index in [0.29, 0.717) is 9.49 Å². The molecule has 0 aliphatic rings. The number of hydrogen-bond acceptors (Lipinski definition) is 3. The number of nitrogens with zero attached hydrogens (tertiary/aromatic N) is 3. The second-order valence-electron chi connectivity index (χ2n) is 8.87. The van der Waals surface area contributed by atoms with Crippen LogP contribution in [0, 0.1) is 0 Å². The maximum Gasteiger partial charge on any atom is 0.274 e. The van der Waals surface area contributed by atoms with E-state index in [1.54, 1.807) is 4.40 Å². The van der Waals surface area contributed by atoms with Gasteiger partial charge in [0.25, 0.3) is 5.56 Å². The molecule has 0 spiro atoms. The van der Waals surface area contributed by atoms with Crippen LogP contribution < -0.4 is 10.1 Å². The molecule has 0 amide bonds. The largest absolute Gasteiger partial charge is 0.309 e. The molecule has 176 valence electrons. The number of benzene rings is 4. The summed E-state index contributed by atoms with van der Waals surface area (Å²) in [6.07, 6.45) is 2.02. The van der Waals surface area contributed by atoms with Crippen LogP contribution in [0.3, 0.4) is 0 Å². The Bertz CT molecular complexity index is 1990. The first kappa shape index (κ1) is 21.5. The maximum atomic E-state index is 13.6. The van der Waals surface area contributed by atoms with Gasteiger partial charge in [-0.3, -0.25) is 4.79 Å². The van der Waals surface area contributed by atoms with Crippen molar-refractivity contribution in [1.82, 2.24) is 14.0 Å². The predicted molar refractivity (Wildman–Crippen MR) is 152 cm³/mol. The zero-order valence-corrected chi connectivity index (χ0v) is 20.6. The van der Waals surface area contributed by atoms with Crippen molar-refractivity contribution < 1.29 is 0 Å². The number of para-hydroxylation sites is 3. The minimum Gasteiger partial charge on any atom is -0.309 e. The van der Waals surface area contributed by atoms with Gasteiger partial charge >= 0.3 is 0 Å². The zero-order valence-electron chi connectivity index (χ0n) is 19.8. The van der Waals surface area contributed by atoms with Crippen LogP contribution in [-0.2, 0) is 0 Å². The van der Waals surface area contributed by atoms with Gasteiger partial charge in [-0.25, -0.2) is 9.38 Å². The number of fused-ring (bicyclic) bond motifs is 3. The Morgan fingerprint density at radius 1 is 0.703 bits per heavy atom. The molecule has 7 aromatic rings. The van der Waals surface area contributed by atoms with E-state index in [1.807, 2.05) is 60.7 Å². The van der Waals surface area contributed by atoms with Gasteiger partial charge in [0, 0.05) is 11.3 Å². The quantitative estimate of drug-likeness (QED) is 0.277. The maximum absolute atomic E-state index is 13.6. The molecule has 0 aliphatic carbocycles. The van der Waals surface area contributed by atoms with Gasteiger partial charge in [0.1, 0.15) is 0 Å². The molecule has 0 aliphatic heterocycles. The van der Waals surface area contributed by atoms with Crippen molar-refractivity contribution in [2.24, 2.45) is 0 Å². The van der Waals surface area contributed by atoms with E-state index >= 15 is 0 Å². The fourth-order valence-electron chi connectivity index (χ4n) is 4.95. The summed E-state index contributed by atoms with van der Waals surface area (Å²) < 4.78 is 4.67. The molecule has 4 nitrogen and oxygen atoms in total. The topological polar surface area (TPSA) is 39.3 Å². The number of aromatic nitrogens is 3. The van der Waals surface area contributed by atoms with Gasteiger partial charge in [-0.05, 0) is 47.5 Å². The average Bonchev–Trinajstić information content (AvgIpc) is 3.61. The highest BCUT2D eigenvalue weighted by Gasteiger charge is 2.19. The lowest BCUT2D eigenvalue weighted by molar-refractivity contribution is 1.09. The Hall–Kier alpha value is -4.74. The smallest absolute Gasteiger partial charge is 0.274 e. The molecule has 37 heavy (non-hydrogen) atoms. The molecule has 7 rings (SSSR count). The Kier molecular flexibility index (Phi) is 5.08. The van der Waals surface area contributed by atoms with E-state index in [4.69, 9.17) is 4.98 Å². The van der Waals surface area contributed by atoms with Gasteiger partial charge in [-0.2, -0.15) is 0 Å². The molecule has 0 saturated carbocycles. The lowest BCUT2D eigenvalue weighted by Gasteiger charge is -2.15. The van der Waals surface area contributed by atoms with Crippen molar-refractivity contribution in [3.8, 4) is 28.2 Å². The highest BCUT2D eigenvalue weighted by Crippen LogP contribution is 2.36. The SMILES string of the molecule is O=c1/c(=C/c2cc(-c3ccccc3)n(-c3ccccc3)c2-c2ccccc2)sc2nc3ccccc3n12. The van der Waals surface area contributed by atoms with Crippen LogP contribution in [0.5, 0.6) is 0 Å². The molecule has 3 heterocycles. The van der Waals surface area contributed by atoms with Crippen molar-refractivity contribution in [3.63, 3.8) is 0 Å². The summed E-state index contributed by atoms with van der Waals surface area (Å²) in [7, 11) is 0. The van der Waals surface area contributed by atoms with Crippen LogP contribution in [-0.4, -0.2) is 14.0 Å². The Morgan fingerprint density at radius 2 is 1.32 bits per heavy atom. The van der Waals surface area contributed by atoms with E-state index in [2.05, 4.69) is 71.3 Å². The Balaban J connectivity index is 1.56. The van der Waals surface area contributed by atoms with Crippen LogP contribution >= 0.6 is 11.3 Å². The first-order chi connectivity index (χ1) is 18.3. The van der Waals surface area contributed by atoms with Crippen LogP contribution in [0.4, 0.5) is 0 Å². The molecule has 0 unspecified atom stereocenters. The summed E-state index contributed by atoms with van der Waals surface area (Å²) in [4.78, 5) is 19.0. The molecule has 0 radical (unpaired) electrons. The minimum absolute atomic E-state index is 0.0403. The fourth-order valence-corrected chi connectivity index (χ4v) is 5.93. The van der Waals surface area contributed by atoms with E-state index in [9.17, 15) is 4.79 Å². The third-order valence-electron chi connectivity index (χ3n) is 6.59. The predicted octanol–water partition coefficient (Wildman–Crippen LogP) is 6.58. The first-order valence-electron chi connectivity index (χ1n) is 12.1. The average molecular weight is 496 g/mol. The molecule has 0 atom stereocenters. The number of rotatable bonds is 4. The van der Waals surface area contributed by atoms with E-state index < -0.39 is 0 Å². The number of hydrogen-bond donors (Lipinski definition) is 0. The molecule has 5 heteroatoms. The third-order valence-corrected chi connectivity index (χ3v) is 7.56. The van der Waals surface area contributed by atoms with Crippen LogP contribution in [0.15, 0.2) is 126 Å². The minimum atomic E-state index is -0.0403.